The maximum absolute atomic E-state index is 12.9. The molecule has 3 fully saturated rings. The number of fused-ring (bicyclic) bond motifs is 1. The number of ether oxygens (including phenoxy) is 1. The molecule has 2 saturated heterocycles. The molecule has 0 amide bonds. The smallest absolute Gasteiger partial charge is 0.322 e. The Morgan fingerprint density at radius 2 is 1.81 bits per heavy atom. The molecule has 120 valence electrons. The predicted octanol–water partition coefficient (Wildman–Crippen LogP) is 0.281. The highest BCUT2D eigenvalue weighted by atomic mass is 32.2. The van der Waals surface area contributed by atoms with E-state index in [1.54, 1.807) is 0 Å². The molecule has 0 radical (unpaired) electrons. The molecule has 21 heavy (non-hydrogen) atoms. The summed E-state index contributed by atoms with van der Waals surface area (Å²) in [7, 11) is -3.72. The highest BCUT2D eigenvalue weighted by Crippen LogP contribution is 2.42. The van der Waals surface area contributed by atoms with Gasteiger partial charge in [0.1, 0.15) is 6.04 Å². The molecule has 3 aliphatic rings. The van der Waals surface area contributed by atoms with E-state index in [1.165, 1.54) is 8.61 Å². The summed E-state index contributed by atoms with van der Waals surface area (Å²) in [5, 5.41) is 9.44. The molecular weight excluding hydrogens is 296 g/mol. The van der Waals surface area contributed by atoms with Crippen LogP contribution in [0.25, 0.3) is 0 Å². The van der Waals surface area contributed by atoms with Crippen molar-refractivity contribution in [3.63, 3.8) is 0 Å². The van der Waals surface area contributed by atoms with Gasteiger partial charge in [-0.05, 0) is 25.2 Å². The second kappa shape index (κ2) is 5.83. The van der Waals surface area contributed by atoms with Gasteiger partial charge < -0.3 is 9.84 Å². The SMILES string of the molecule is O=C(O)C1CC2CCCCC2N1S(=O)(=O)N1CCOCC1. The number of carboxylic acids is 1. The first kappa shape index (κ1) is 15.2. The van der Waals surface area contributed by atoms with Gasteiger partial charge in [-0.25, -0.2) is 0 Å². The number of hydrogen-bond acceptors (Lipinski definition) is 4. The third-order valence-corrected chi connectivity index (χ3v) is 6.95. The van der Waals surface area contributed by atoms with E-state index < -0.39 is 22.2 Å². The molecule has 0 spiro atoms. The Bertz CT molecular complexity index is 503. The number of aliphatic carboxylic acids is 1. The monoisotopic (exact) mass is 318 g/mol. The zero-order chi connectivity index (χ0) is 15.0. The van der Waals surface area contributed by atoms with Crippen molar-refractivity contribution in [3.05, 3.63) is 0 Å². The molecule has 0 aromatic heterocycles. The maximum atomic E-state index is 12.9. The van der Waals surface area contributed by atoms with E-state index in [4.69, 9.17) is 4.74 Å². The van der Waals surface area contributed by atoms with Crippen LogP contribution in [0.15, 0.2) is 0 Å². The average Bonchev–Trinajstić information content (AvgIpc) is 2.88. The highest BCUT2D eigenvalue weighted by molar-refractivity contribution is 7.86. The minimum absolute atomic E-state index is 0.146. The van der Waals surface area contributed by atoms with E-state index >= 15 is 0 Å². The highest BCUT2D eigenvalue weighted by Gasteiger charge is 2.52. The van der Waals surface area contributed by atoms with Crippen LogP contribution in [0.1, 0.15) is 32.1 Å². The zero-order valence-electron chi connectivity index (χ0n) is 12.0. The molecule has 8 heteroatoms. The van der Waals surface area contributed by atoms with E-state index in [-0.39, 0.29) is 12.0 Å². The number of rotatable bonds is 3. The van der Waals surface area contributed by atoms with Crippen molar-refractivity contribution >= 4 is 16.2 Å². The van der Waals surface area contributed by atoms with E-state index in [9.17, 15) is 18.3 Å². The number of carboxylic acid groups (broad SMARTS) is 1. The second-order valence-electron chi connectivity index (χ2n) is 6.05. The van der Waals surface area contributed by atoms with Crippen LogP contribution in [-0.2, 0) is 19.7 Å². The Morgan fingerprint density at radius 1 is 1.14 bits per heavy atom. The summed E-state index contributed by atoms with van der Waals surface area (Å²) in [5.74, 6) is -0.836. The van der Waals surface area contributed by atoms with Crippen molar-refractivity contribution in [3.8, 4) is 0 Å². The van der Waals surface area contributed by atoms with Crippen LogP contribution in [0.5, 0.6) is 0 Å². The number of hydrogen-bond donors (Lipinski definition) is 1. The fraction of sp³-hybridized carbons (Fsp3) is 0.923. The molecule has 3 atom stereocenters. The van der Waals surface area contributed by atoms with Gasteiger partial charge in [-0.2, -0.15) is 17.0 Å². The molecule has 3 rings (SSSR count). The van der Waals surface area contributed by atoms with Crippen LogP contribution < -0.4 is 0 Å². The van der Waals surface area contributed by atoms with Crippen molar-refractivity contribution in [2.24, 2.45) is 5.92 Å². The van der Waals surface area contributed by atoms with Crippen LogP contribution in [0, 0.1) is 5.92 Å². The van der Waals surface area contributed by atoms with Crippen LogP contribution in [0.2, 0.25) is 0 Å². The minimum atomic E-state index is -3.72. The van der Waals surface area contributed by atoms with E-state index in [1.807, 2.05) is 0 Å². The summed E-state index contributed by atoms with van der Waals surface area (Å²) in [6, 6.07) is -1.06. The molecule has 3 unspecified atom stereocenters. The lowest BCUT2D eigenvalue weighted by molar-refractivity contribution is -0.141. The van der Waals surface area contributed by atoms with Gasteiger partial charge in [0.15, 0.2) is 0 Å². The molecule has 1 N–H and O–H groups in total. The van der Waals surface area contributed by atoms with E-state index in [0.29, 0.717) is 32.7 Å². The molecule has 0 aromatic rings. The molecular formula is C13H22N2O5S. The summed E-state index contributed by atoms with van der Waals surface area (Å²) >= 11 is 0. The topological polar surface area (TPSA) is 87.2 Å². The van der Waals surface area contributed by atoms with E-state index in [2.05, 4.69) is 0 Å². The fourth-order valence-electron chi connectivity index (χ4n) is 3.87. The molecule has 2 aliphatic heterocycles. The Morgan fingerprint density at radius 3 is 2.48 bits per heavy atom. The van der Waals surface area contributed by atoms with Gasteiger partial charge in [-0.3, -0.25) is 4.79 Å². The summed E-state index contributed by atoms with van der Waals surface area (Å²) < 4.78 is 33.7. The summed E-state index contributed by atoms with van der Waals surface area (Å²) in [6.45, 7) is 1.36. The summed E-state index contributed by atoms with van der Waals surface area (Å²) in [5.41, 5.74) is 0. The first-order chi connectivity index (χ1) is 10.0. The van der Waals surface area contributed by atoms with Crippen LogP contribution in [0.4, 0.5) is 0 Å². The quantitative estimate of drug-likeness (QED) is 0.808. The fourth-order valence-corrected chi connectivity index (χ4v) is 5.87. The summed E-state index contributed by atoms with van der Waals surface area (Å²) in [6.07, 6.45) is 4.20. The third-order valence-electron chi connectivity index (χ3n) is 4.88. The van der Waals surface area contributed by atoms with Gasteiger partial charge in [-0.1, -0.05) is 12.8 Å². The molecule has 0 bridgehead atoms. The van der Waals surface area contributed by atoms with Gasteiger partial charge in [0.2, 0.25) is 0 Å². The maximum Gasteiger partial charge on any atom is 0.322 e. The van der Waals surface area contributed by atoms with Crippen molar-refractivity contribution < 1.29 is 23.1 Å². The lowest BCUT2D eigenvalue weighted by Gasteiger charge is -2.36. The zero-order valence-corrected chi connectivity index (χ0v) is 12.8. The number of morpholine rings is 1. The van der Waals surface area contributed by atoms with Gasteiger partial charge >= 0.3 is 5.97 Å². The first-order valence-electron chi connectivity index (χ1n) is 7.61. The van der Waals surface area contributed by atoms with Crippen molar-refractivity contribution in [1.82, 2.24) is 8.61 Å². The normalized spacial score (nSPS) is 35.5. The first-order valence-corrected chi connectivity index (χ1v) is 9.00. The molecule has 7 nitrogen and oxygen atoms in total. The second-order valence-corrected chi connectivity index (χ2v) is 7.88. The minimum Gasteiger partial charge on any atom is -0.480 e. The number of nitrogens with zero attached hydrogens (tertiary/aromatic N) is 2. The Hall–Kier alpha value is -0.700. The van der Waals surface area contributed by atoms with E-state index in [0.717, 1.165) is 25.7 Å². The van der Waals surface area contributed by atoms with Crippen molar-refractivity contribution in [2.75, 3.05) is 26.3 Å². The van der Waals surface area contributed by atoms with Gasteiger partial charge in [0.05, 0.1) is 13.2 Å². The third kappa shape index (κ3) is 2.69. The van der Waals surface area contributed by atoms with Crippen molar-refractivity contribution in [1.29, 1.82) is 0 Å². The average molecular weight is 318 g/mol. The molecule has 0 aromatic carbocycles. The van der Waals surface area contributed by atoms with Gasteiger partial charge in [0.25, 0.3) is 10.2 Å². The van der Waals surface area contributed by atoms with Crippen molar-refractivity contribution in [2.45, 2.75) is 44.2 Å². The lowest BCUT2D eigenvalue weighted by atomic mass is 9.85. The number of carbonyl (C=O) groups is 1. The Labute approximate surface area is 125 Å². The molecule has 1 saturated carbocycles. The van der Waals surface area contributed by atoms with Crippen LogP contribution >= 0.6 is 0 Å². The predicted molar refractivity (Wildman–Crippen MR) is 74.9 cm³/mol. The molecule has 2 heterocycles. The summed E-state index contributed by atoms with van der Waals surface area (Å²) in [4.78, 5) is 11.5. The largest absolute Gasteiger partial charge is 0.480 e. The lowest BCUT2D eigenvalue weighted by Crippen LogP contribution is -2.54. The Balaban J connectivity index is 1.90. The van der Waals surface area contributed by atoms with Crippen LogP contribution in [0.3, 0.4) is 0 Å². The van der Waals surface area contributed by atoms with Gasteiger partial charge in [0, 0.05) is 19.1 Å². The molecule has 1 aliphatic carbocycles. The Kier molecular flexibility index (Phi) is 4.22. The van der Waals surface area contributed by atoms with Gasteiger partial charge in [-0.15, -0.1) is 0 Å². The standard InChI is InChI=1S/C13H22N2O5S/c16-13(17)12-9-10-3-1-2-4-11(10)15(12)21(18,19)14-5-7-20-8-6-14/h10-12H,1-9H2,(H,16,17). The van der Waals surface area contributed by atoms with Crippen LogP contribution in [-0.4, -0.2) is 66.5 Å².